The first-order chi connectivity index (χ1) is 12.3. The molecule has 0 atom stereocenters. The number of rotatable bonds is 10. The molecule has 1 aliphatic rings. The Balaban J connectivity index is 1.63. The summed E-state index contributed by atoms with van der Waals surface area (Å²) < 4.78 is 16.0. The quantitative estimate of drug-likeness (QED) is 0.340. The van der Waals surface area contributed by atoms with Gasteiger partial charge in [0.1, 0.15) is 5.75 Å². The zero-order chi connectivity index (χ0) is 17.7. The highest BCUT2D eigenvalue weighted by atomic mass is 32.2. The predicted molar refractivity (Wildman–Crippen MR) is 103 cm³/mol. The number of ether oxygens (including phenoxy) is 3. The molecular weight excluding hydrogens is 336 g/mol. The lowest BCUT2D eigenvalue weighted by Crippen LogP contribution is -2.07. The van der Waals surface area contributed by atoms with E-state index >= 15 is 0 Å². The van der Waals surface area contributed by atoms with Crippen LogP contribution in [0.25, 0.3) is 4.91 Å². The molecule has 0 amide bonds. The van der Waals surface area contributed by atoms with Crippen molar-refractivity contribution in [3.05, 3.63) is 48.6 Å². The molecule has 2 rings (SSSR count). The molecule has 5 heteroatoms. The highest BCUT2D eigenvalue weighted by molar-refractivity contribution is 8.08. The Morgan fingerprint density at radius 3 is 2.88 bits per heavy atom. The number of hydrogen-bond donors (Lipinski definition) is 0. The van der Waals surface area contributed by atoms with Gasteiger partial charge in [0.2, 0.25) is 0 Å². The maximum absolute atomic E-state index is 10.9. The number of carbonyl (C=O) groups excluding carboxylic acids is 1. The minimum atomic E-state index is -0.336. The van der Waals surface area contributed by atoms with Gasteiger partial charge < -0.3 is 14.2 Å². The molecule has 0 aromatic heterocycles. The number of benzene rings is 1. The zero-order valence-corrected chi connectivity index (χ0v) is 15.4. The average Bonchev–Trinajstić information content (AvgIpc) is 2.62. The van der Waals surface area contributed by atoms with Crippen LogP contribution < -0.4 is 4.74 Å². The third-order valence-corrected chi connectivity index (χ3v) is 4.98. The van der Waals surface area contributed by atoms with Crippen LogP contribution >= 0.6 is 11.8 Å². The van der Waals surface area contributed by atoms with E-state index in [0.29, 0.717) is 20.0 Å². The Labute approximate surface area is 154 Å². The summed E-state index contributed by atoms with van der Waals surface area (Å²) >= 11 is 1.86. The van der Waals surface area contributed by atoms with E-state index in [4.69, 9.17) is 14.2 Å². The van der Waals surface area contributed by atoms with E-state index in [1.54, 1.807) is 0 Å². The largest absolute Gasteiger partial charge is 0.467 e. The van der Waals surface area contributed by atoms with Crippen molar-refractivity contribution in [2.75, 3.05) is 25.8 Å². The second kappa shape index (κ2) is 11.8. The fourth-order valence-electron chi connectivity index (χ4n) is 2.48. The van der Waals surface area contributed by atoms with Gasteiger partial charge in [0, 0.05) is 16.5 Å². The van der Waals surface area contributed by atoms with Crippen LogP contribution in [-0.4, -0.2) is 31.7 Å². The van der Waals surface area contributed by atoms with Crippen LogP contribution in [0.5, 0.6) is 5.75 Å². The van der Waals surface area contributed by atoms with Crippen molar-refractivity contribution in [2.24, 2.45) is 0 Å². The van der Waals surface area contributed by atoms with Crippen LogP contribution in [-0.2, 0) is 14.3 Å². The van der Waals surface area contributed by atoms with Crippen LogP contribution in [0.1, 0.15) is 37.7 Å². The average molecular weight is 362 g/mol. The summed E-state index contributed by atoms with van der Waals surface area (Å²) in [7, 11) is 0. The number of unbranched alkanes of at least 4 members (excludes halogenated alkanes) is 4. The Hall–Kier alpha value is -1.72. The van der Waals surface area contributed by atoms with Gasteiger partial charge in [0.25, 0.3) is 0 Å². The summed E-state index contributed by atoms with van der Waals surface area (Å²) in [5.74, 6) is 1.62. The van der Waals surface area contributed by atoms with E-state index in [1.165, 1.54) is 23.8 Å². The monoisotopic (exact) mass is 362 g/mol. The number of carbonyl (C=O) groups is 1. The molecule has 0 aliphatic carbocycles. The van der Waals surface area contributed by atoms with E-state index < -0.39 is 0 Å². The summed E-state index contributed by atoms with van der Waals surface area (Å²) in [4.78, 5) is 12.1. The van der Waals surface area contributed by atoms with Gasteiger partial charge in [-0.2, -0.15) is 0 Å². The van der Waals surface area contributed by atoms with E-state index in [0.717, 1.165) is 36.3 Å². The van der Waals surface area contributed by atoms with Crippen molar-refractivity contribution < 1.29 is 19.0 Å². The number of thioether (sulfide) groups is 1. The highest BCUT2D eigenvalue weighted by Gasteiger charge is 2.11. The van der Waals surface area contributed by atoms with Gasteiger partial charge in [0.05, 0.1) is 13.2 Å². The third-order valence-electron chi connectivity index (χ3n) is 3.79. The lowest BCUT2D eigenvalue weighted by Gasteiger charge is -2.16. The van der Waals surface area contributed by atoms with E-state index in [9.17, 15) is 4.79 Å². The summed E-state index contributed by atoms with van der Waals surface area (Å²) in [6.07, 6.45) is 8.86. The standard InChI is InChI=1S/C20H26O4S/c1-2-20(21)23-13-8-4-3-5-9-15-25-19-12-14-22-16-24-18-11-7-6-10-17(18)19/h2,6-7,10-12H,1,3-5,8-9,13-16H2/b19-12+. The molecule has 1 aromatic carbocycles. The lowest BCUT2D eigenvalue weighted by molar-refractivity contribution is -0.137. The molecule has 136 valence electrons. The minimum Gasteiger partial charge on any atom is -0.467 e. The maximum Gasteiger partial charge on any atom is 0.330 e. The summed E-state index contributed by atoms with van der Waals surface area (Å²) in [6.45, 7) is 4.75. The fourth-order valence-corrected chi connectivity index (χ4v) is 3.56. The lowest BCUT2D eigenvalue weighted by atomic mass is 10.2. The Morgan fingerprint density at radius 2 is 2.00 bits per heavy atom. The first-order valence-corrected chi connectivity index (χ1v) is 9.72. The molecule has 0 spiro atoms. The molecule has 0 bridgehead atoms. The van der Waals surface area contributed by atoms with Crippen LogP contribution in [0.4, 0.5) is 0 Å². The Morgan fingerprint density at radius 1 is 1.20 bits per heavy atom. The molecule has 25 heavy (non-hydrogen) atoms. The molecule has 0 fully saturated rings. The van der Waals surface area contributed by atoms with Gasteiger partial charge in [-0.1, -0.05) is 44.0 Å². The van der Waals surface area contributed by atoms with Crippen LogP contribution in [0.15, 0.2) is 43.0 Å². The smallest absolute Gasteiger partial charge is 0.330 e. The van der Waals surface area contributed by atoms with Gasteiger partial charge in [-0.3, -0.25) is 0 Å². The van der Waals surface area contributed by atoms with E-state index in [-0.39, 0.29) is 5.97 Å². The number of esters is 1. The van der Waals surface area contributed by atoms with Gasteiger partial charge in [-0.25, -0.2) is 4.79 Å². The topological polar surface area (TPSA) is 44.8 Å². The van der Waals surface area contributed by atoms with Crippen molar-refractivity contribution in [1.82, 2.24) is 0 Å². The molecule has 4 nitrogen and oxygen atoms in total. The Kier molecular flexibility index (Phi) is 9.23. The summed E-state index contributed by atoms with van der Waals surface area (Å²) in [6, 6.07) is 8.11. The molecule has 1 aromatic rings. The first kappa shape index (κ1) is 19.6. The first-order valence-electron chi connectivity index (χ1n) is 8.73. The molecule has 0 saturated heterocycles. The SMILES string of the molecule is C=CC(=O)OCCCCCCCS/C1=C/COCOc2ccccc21. The van der Waals surface area contributed by atoms with Crippen molar-refractivity contribution in [1.29, 1.82) is 0 Å². The normalized spacial score (nSPS) is 15.8. The van der Waals surface area contributed by atoms with Gasteiger partial charge in [-0.05, 0) is 30.7 Å². The molecule has 0 unspecified atom stereocenters. The molecular formula is C20H26O4S. The summed E-state index contributed by atoms with van der Waals surface area (Å²) in [5, 5.41) is 0. The predicted octanol–water partition coefficient (Wildman–Crippen LogP) is 4.81. The second-order valence-corrected chi connectivity index (χ2v) is 6.82. The third kappa shape index (κ3) is 7.36. The van der Waals surface area contributed by atoms with Gasteiger partial charge in [-0.15, -0.1) is 11.8 Å². The zero-order valence-electron chi connectivity index (χ0n) is 14.6. The van der Waals surface area contributed by atoms with Crippen LogP contribution in [0.2, 0.25) is 0 Å². The number of hydrogen-bond acceptors (Lipinski definition) is 5. The maximum atomic E-state index is 10.9. The minimum absolute atomic E-state index is 0.299. The number of fused-ring (bicyclic) bond motifs is 1. The molecule has 0 saturated carbocycles. The van der Waals surface area contributed by atoms with Crippen molar-refractivity contribution in [2.45, 2.75) is 32.1 Å². The fraction of sp³-hybridized carbons (Fsp3) is 0.450. The number of para-hydroxylation sites is 1. The summed E-state index contributed by atoms with van der Waals surface area (Å²) in [5.41, 5.74) is 1.15. The van der Waals surface area contributed by atoms with Gasteiger partial charge in [0.15, 0.2) is 6.79 Å². The Bertz CT molecular complexity index is 583. The van der Waals surface area contributed by atoms with Gasteiger partial charge >= 0.3 is 5.97 Å². The van der Waals surface area contributed by atoms with E-state index in [2.05, 4.69) is 18.7 Å². The molecule has 1 heterocycles. The van der Waals surface area contributed by atoms with Crippen LogP contribution in [0.3, 0.4) is 0 Å². The van der Waals surface area contributed by atoms with Crippen molar-refractivity contribution in [3.8, 4) is 5.75 Å². The highest BCUT2D eigenvalue weighted by Crippen LogP contribution is 2.35. The molecule has 1 aliphatic heterocycles. The van der Waals surface area contributed by atoms with Crippen molar-refractivity contribution in [3.63, 3.8) is 0 Å². The molecule has 0 radical (unpaired) electrons. The van der Waals surface area contributed by atoms with Crippen LogP contribution in [0, 0.1) is 0 Å². The van der Waals surface area contributed by atoms with E-state index in [1.807, 2.05) is 30.0 Å². The van der Waals surface area contributed by atoms with Crippen molar-refractivity contribution >= 4 is 22.6 Å². The molecule has 0 N–H and O–H groups in total. The second-order valence-electron chi connectivity index (χ2n) is 5.69.